The summed E-state index contributed by atoms with van der Waals surface area (Å²) in [6.45, 7) is 5.09. The summed E-state index contributed by atoms with van der Waals surface area (Å²) in [5.41, 5.74) is 5.31. The number of aromatic nitrogens is 4. The van der Waals surface area contributed by atoms with Gasteiger partial charge in [0.15, 0.2) is 5.82 Å². The highest BCUT2D eigenvalue weighted by Gasteiger charge is 2.35. The van der Waals surface area contributed by atoms with Crippen LogP contribution in [0.2, 0.25) is 0 Å². The lowest BCUT2D eigenvalue weighted by Gasteiger charge is -2.41. The maximum Gasteiger partial charge on any atom is 0.174 e. The fourth-order valence-corrected chi connectivity index (χ4v) is 6.10. The average molecular weight is 493 g/mol. The molecule has 0 saturated carbocycles. The van der Waals surface area contributed by atoms with Crippen LogP contribution >= 0.6 is 0 Å². The summed E-state index contributed by atoms with van der Waals surface area (Å²) in [6.07, 6.45) is 19.3. The molecule has 3 aromatic rings. The van der Waals surface area contributed by atoms with Gasteiger partial charge in [-0.05, 0) is 65.3 Å². The maximum atomic E-state index is 4.67. The first-order valence-electron chi connectivity index (χ1n) is 13.8. The minimum atomic E-state index is 0.151. The third-order valence-corrected chi connectivity index (χ3v) is 8.05. The summed E-state index contributed by atoms with van der Waals surface area (Å²) < 4.78 is 2.05. The monoisotopic (exact) mass is 492 g/mol. The Morgan fingerprint density at radius 2 is 1.78 bits per heavy atom. The van der Waals surface area contributed by atoms with Gasteiger partial charge >= 0.3 is 0 Å². The van der Waals surface area contributed by atoms with Crippen molar-refractivity contribution in [2.24, 2.45) is 5.92 Å². The van der Waals surface area contributed by atoms with Crippen LogP contribution < -0.4 is 0 Å². The first-order valence-corrected chi connectivity index (χ1v) is 13.8. The van der Waals surface area contributed by atoms with E-state index in [4.69, 9.17) is 0 Å². The van der Waals surface area contributed by atoms with E-state index < -0.39 is 0 Å². The van der Waals surface area contributed by atoms with Crippen molar-refractivity contribution in [1.82, 2.24) is 30.0 Å². The van der Waals surface area contributed by atoms with E-state index in [0.29, 0.717) is 5.92 Å². The van der Waals surface area contributed by atoms with Gasteiger partial charge in [0.05, 0.1) is 11.7 Å². The van der Waals surface area contributed by atoms with Crippen molar-refractivity contribution in [1.29, 1.82) is 0 Å². The number of aryl methyl sites for hydroxylation is 1. The number of nitrogens with zero attached hydrogens (tertiary/aromatic N) is 6. The molecule has 1 aromatic heterocycles. The van der Waals surface area contributed by atoms with Crippen molar-refractivity contribution in [3.05, 3.63) is 101 Å². The molecule has 2 aromatic carbocycles. The van der Waals surface area contributed by atoms with Crippen LogP contribution in [0.3, 0.4) is 0 Å². The van der Waals surface area contributed by atoms with Gasteiger partial charge in [0, 0.05) is 38.6 Å². The van der Waals surface area contributed by atoms with Crippen LogP contribution in [0.5, 0.6) is 0 Å². The summed E-state index contributed by atoms with van der Waals surface area (Å²) in [6, 6.07) is 17.3. The van der Waals surface area contributed by atoms with Crippen molar-refractivity contribution in [2.45, 2.75) is 38.1 Å². The van der Waals surface area contributed by atoms with Crippen LogP contribution in [0.4, 0.5) is 0 Å². The van der Waals surface area contributed by atoms with Crippen molar-refractivity contribution in [3.63, 3.8) is 0 Å². The molecule has 6 nitrogen and oxygen atoms in total. The highest BCUT2D eigenvalue weighted by molar-refractivity contribution is 5.49. The quantitative estimate of drug-likeness (QED) is 0.462. The molecular weight excluding hydrogens is 456 g/mol. The normalized spacial score (nSPS) is 21.4. The Kier molecular flexibility index (Phi) is 7.37. The van der Waals surface area contributed by atoms with E-state index in [2.05, 4.69) is 115 Å². The van der Waals surface area contributed by atoms with Gasteiger partial charge in [-0.2, -0.15) is 4.68 Å². The molecular formula is C31H36N6. The van der Waals surface area contributed by atoms with Crippen LogP contribution in [0.1, 0.15) is 47.8 Å². The lowest BCUT2D eigenvalue weighted by molar-refractivity contribution is 0.0786. The SMILES string of the molecule is C1=CCC([C@@H](c2nnnn2-c2cccc3c2CCCC3)N2CCN(C/C=C/c3ccccc3)CC2)C=C1. The highest BCUT2D eigenvalue weighted by Crippen LogP contribution is 2.35. The first-order chi connectivity index (χ1) is 18.4. The highest BCUT2D eigenvalue weighted by atomic mass is 15.6. The zero-order chi connectivity index (χ0) is 24.9. The second-order valence-electron chi connectivity index (χ2n) is 10.4. The molecule has 0 bridgehead atoms. The van der Waals surface area contributed by atoms with E-state index in [1.54, 1.807) is 0 Å². The zero-order valence-corrected chi connectivity index (χ0v) is 21.5. The lowest BCUT2D eigenvalue weighted by Crippen LogP contribution is -2.49. The van der Waals surface area contributed by atoms with E-state index in [1.165, 1.54) is 35.2 Å². The third kappa shape index (κ3) is 5.36. The molecule has 1 saturated heterocycles. The van der Waals surface area contributed by atoms with E-state index in [1.807, 2.05) is 0 Å². The molecule has 1 unspecified atom stereocenters. The Bertz CT molecular complexity index is 1270. The van der Waals surface area contributed by atoms with Crippen molar-refractivity contribution in [3.8, 4) is 5.69 Å². The summed E-state index contributed by atoms with van der Waals surface area (Å²) >= 11 is 0. The summed E-state index contributed by atoms with van der Waals surface area (Å²) in [5.74, 6) is 1.33. The van der Waals surface area contributed by atoms with Crippen LogP contribution in [-0.4, -0.2) is 62.7 Å². The molecule has 0 N–H and O–H groups in total. The first kappa shape index (κ1) is 24.0. The van der Waals surface area contributed by atoms with Crippen LogP contribution in [0.15, 0.2) is 78.9 Å². The number of rotatable bonds is 7. The number of hydrogen-bond donors (Lipinski definition) is 0. The topological polar surface area (TPSA) is 50.1 Å². The number of benzene rings is 2. The molecule has 2 aliphatic carbocycles. The van der Waals surface area contributed by atoms with Gasteiger partial charge in [0.25, 0.3) is 0 Å². The maximum absolute atomic E-state index is 4.67. The van der Waals surface area contributed by atoms with Gasteiger partial charge in [0.1, 0.15) is 0 Å². The molecule has 37 heavy (non-hydrogen) atoms. The zero-order valence-electron chi connectivity index (χ0n) is 21.5. The molecule has 1 aliphatic heterocycles. The fourth-order valence-electron chi connectivity index (χ4n) is 6.10. The summed E-state index contributed by atoms with van der Waals surface area (Å²) in [7, 11) is 0. The summed E-state index contributed by atoms with van der Waals surface area (Å²) in [4.78, 5) is 5.16. The van der Waals surface area contributed by atoms with Gasteiger partial charge in [-0.3, -0.25) is 9.80 Å². The molecule has 3 aliphatic rings. The molecule has 0 amide bonds. The van der Waals surface area contributed by atoms with Crippen molar-refractivity contribution >= 4 is 6.08 Å². The molecule has 6 rings (SSSR count). The Morgan fingerprint density at radius 3 is 2.62 bits per heavy atom. The van der Waals surface area contributed by atoms with E-state index in [0.717, 1.165) is 57.8 Å². The van der Waals surface area contributed by atoms with Crippen molar-refractivity contribution < 1.29 is 0 Å². The molecule has 190 valence electrons. The summed E-state index contributed by atoms with van der Waals surface area (Å²) in [5, 5.41) is 13.4. The fraction of sp³-hybridized carbons (Fsp3) is 0.387. The molecule has 2 heterocycles. The molecule has 2 atom stereocenters. The van der Waals surface area contributed by atoms with Crippen molar-refractivity contribution in [2.75, 3.05) is 32.7 Å². The number of allylic oxidation sites excluding steroid dienone is 3. The molecule has 0 spiro atoms. The predicted molar refractivity (Wildman–Crippen MR) is 148 cm³/mol. The average Bonchev–Trinajstić information content (AvgIpc) is 3.44. The number of tetrazole rings is 1. The van der Waals surface area contributed by atoms with Gasteiger partial charge in [0.2, 0.25) is 0 Å². The van der Waals surface area contributed by atoms with Gasteiger partial charge in [-0.25, -0.2) is 0 Å². The number of hydrogen-bond acceptors (Lipinski definition) is 5. The second kappa shape index (κ2) is 11.4. The largest absolute Gasteiger partial charge is 0.297 e. The predicted octanol–water partition coefficient (Wildman–Crippen LogP) is 5.05. The Labute approximate surface area is 220 Å². The molecule has 0 radical (unpaired) electrons. The van der Waals surface area contributed by atoms with E-state index >= 15 is 0 Å². The Balaban J connectivity index is 1.22. The van der Waals surface area contributed by atoms with E-state index in [9.17, 15) is 0 Å². The lowest BCUT2D eigenvalue weighted by atomic mass is 9.89. The minimum Gasteiger partial charge on any atom is -0.297 e. The number of piperazine rings is 1. The molecule has 6 heteroatoms. The third-order valence-electron chi connectivity index (χ3n) is 8.05. The van der Waals surface area contributed by atoms with Gasteiger partial charge in [-0.1, -0.05) is 78.9 Å². The van der Waals surface area contributed by atoms with Gasteiger partial charge < -0.3 is 0 Å². The van der Waals surface area contributed by atoms with Gasteiger partial charge in [-0.15, -0.1) is 5.10 Å². The Hall–Kier alpha value is -3.35. The van der Waals surface area contributed by atoms with Crippen LogP contribution in [0, 0.1) is 5.92 Å². The standard InChI is InChI=1S/C31H36N6/c1-3-11-25(12-4-1)13-10-20-35-21-23-36(24-22-35)30(27-15-5-2-6-16-27)31-32-33-34-37(31)29-19-9-17-26-14-7-8-18-28(26)29/h1-6,9-13,15,17,19,27,30H,7-8,14,16,18,20-24H2/b13-10+/t27?,30-/m0/s1. The Morgan fingerprint density at radius 1 is 0.919 bits per heavy atom. The smallest absolute Gasteiger partial charge is 0.174 e. The van der Waals surface area contributed by atoms with E-state index in [-0.39, 0.29) is 6.04 Å². The van der Waals surface area contributed by atoms with Crippen LogP contribution in [0.25, 0.3) is 11.8 Å². The minimum absolute atomic E-state index is 0.151. The van der Waals surface area contributed by atoms with Crippen LogP contribution in [-0.2, 0) is 12.8 Å². The number of fused-ring (bicyclic) bond motifs is 1. The second-order valence-corrected chi connectivity index (χ2v) is 10.4. The molecule has 1 fully saturated rings.